The van der Waals surface area contributed by atoms with Crippen LogP contribution in [0.3, 0.4) is 0 Å². The van der Waals surface area contributed by atoms with Crippen molar-refractivity contribution >= 4 is 17.2 Å². The summed E-state index contributed by atoms with van der Waals surface area (Å²) in [7, 11) is 0. The van der Waals surface area contributed by atoms with Gasteiger partial charge in [0.05, 0.1) is 37.3 Å². The third-order valence-electron chi connectivity index (χ3n) is 5.28. The highest BCUT2D eigenvalue weighted by Gasteiger charge is 2.18. The highest BCUT2D eigenvalue weighted by atomic mass is 32.1. The molecule has 0 spiro atoms. The molecular weight excluding hydrogens is 424 g/mol. The van der Waals surface area contributed by atoms with E-state index in [0.29, 0.717) is 42.0 Å². The molecule has 8 heteroatoms. The Morgan fingerprint density at radius 3 is 2.78 bits per heavy atom. The molecule has 4 rings (SSSR count). The molecule has 168 valence electrons. The molecule has 1 fully saturated rings. The lowest BCUT2D eigenvalue weighted by Crippen LogP contribution is -2.23. The van der Waals surface area contributed by atoms with Crippen molar-refractivity contribution in [2.45, 2.75) is 39.7 Å². The Hall–Kier alpha value is -2.84. The average Bonchev–Trinajstić information content (AvgIpc) is 3.49. The van der Waals surface area contributed by atoms with Crippen LogP contribution < -0.4 is 10.1 Å². The number of ether oxygens (including phenoxy) is 2. The molecule has 3 heterocycles. The fourth-order valence-electron chi connectivity index (χ4n) is 3.34. The van der Waals surface area contributed by atoms with E-state index in [4.69, 9.17) is 9.47 Å². The van der Waals surface area contributed by atoms with Crippen LogP contribution in [0.2, 0.25) is 0 Å². The predicted octanol–water partition coefficient (Wildman–Crippen LogP) is 4.38. The van der Waals surface area contributed by atoms with Crippen molar-refractivity contribution in [1.82, 2.24) is 20.3 Å². The molecule has 0 radical (unpaired) electrons. The van der Waals surface area contributed by atoms with Crippen molar-refractivity contribution in [1.29, 1.82) is 0 Å². The van der Waals surface area contributed by atoms with E-state index in [-0.39, 0.29) is 5.91 Å². The zero-order valence-corrected chi connectivity index (χ0v) is 19.4. The van der Waals surface area contributed by atoms with Gasteiger partial charge in [-0.3, -0.25) is 14.8 Å². The van der Waals surface area contributed by atoms with Gasteiger partial charge in [0.25, 0.3) is 5.91 Å². The van der Waals surface area contributed by atoms with Crippen LogP contribution in [0, 0.1) is 12.8 Å². The van der Waals surface area contributed by atoms with Gasteiger partial charge in [-0.1, -0.05) is 13.8 Å². The Morgan fingerprint density at radius 2 is 2.09 bits per heavy atom. The van der Waals surface area contributed by atoms with Crippen molar-refractivity contribution in [2.75, 3.05) is 19.8 Å². The van der Waals surface area contributed by atoms with E-state index in [1.54, 1.807) is 29.8 Å². The number of aryl methyl sites for hydroxylation is 1. The number of aromatic nitrogens is 3. The van der Waals surface area contributed by atoms with Crippen LogP contribution in [0.1, 0.15) is 52.8 Å². The van der Waals surface area contributed by atoms with Crippen molar-refractivity contribution in [3.8, 4) is 16.3 Å². The normalized spacial score (nSPS) is 15.8. The third-order valence-corrected chi connectivity index (χ3v) is 6.63. The second kappa shape index (κ2) is 10.2. The van der Waals surface area contributed by atoms with Crippen LogP contribution in [-0.2, 0) is 11.3 Å². The van der Waals surface area contributed by atoms with Gasteiger partial charge in [0.2, 0.25) is 0 Å². The summed E-state index contributed by atoms with van der Waals surface area (Å²) >= 11 is 1.64. The molecule has 1 aliphatic rings. The number of thiazole rings is 1. The molecule has 7 nitrogen and oxygen atoms in total. The summed E-state index contributed by atoms with van der Waals surface area (Å²) in [5.41, 5.74) is 2.95. The number of rotatable bonds is 8. The standard InChI is InChI=1S/C24H28N4O3S/c1-15(2)22-12-28-24(32-22)19-6-18(7-21(8-19)31-14-17-4-5-30-13-17)23(29)27-11-20-10-25-16(3)9-26-20/h6-10,12,15,17H,4-5,11,13-14H2,1-3H3,(H,27,29). The van der Waals surface area contributed by atoms with Gasteiger partial charge in [0.1, 0.15) is 10.8 Å². The smallest absolute Gasteiger partial charge is 0.251 e. The van der Waals surface area contributed by atoms with Gasteiger partial charge in [0.15, 0.2) is 0 Å². The predicted molar refractivity (Wildman–Crippen MR) is 124 cm³/mol. The summed E-state index contributed by atoms with van der Waals surface area (Å²) in [5.74, 6) is 1.25. The van der Waals surface area contributed by atoms with Crippen LogP contribution in [0.25, 0.3) is 10.6 Å². The van der Waals surface area contributed by atoms with E-state index < -0.39 is 0 Å². The Kier molecular flexibility index (Phi) is 7.12. The first kappa shape index (κ1) is 22.4. The summed E-state index contributed by atoms with van der Waals surface area (Å²) in [5, 5.41) is 3.80. The van der Waals surface area contributed by atoms with Gasteiger partial charge < -0.3 is 14.8 Å². The zero-order valence-electron chi connectivity index (χ0n) is 18.6. The molecule has 1 aliphatic heterocycles. The number of amides is 1. The lowest BCUT2D eigenvalue weighted by atomic mass is 10.1. The molecule has 0 aliphatic carbocycles. The average molecular weight is 453 g/mol. The van der Waals surface area contributed by atoms with Gasteiger partial charge >= 0.3 is 0 Å². The largest absolute Gasteiger partial charge is 0.493 e. The molecular formula is C24H28N4O3S. The maximum atomic E-state index is 12.9. The first-order chi connectivity index (χ1) is 15.5. The summed E-state index contributed by atoms with van der Waals surface area (Å²) < 4.78 is 11.5. The van der Waals surface area contributed by atoms with Crippen LogP contribution in [0.15, 0.2) is 36.8 Å². The lowest BCUT2D eigenvalue weighted by Gasteiger charge is -2.13. The van der Waals surface area contributed by atoms with Crippen molar-refractivity contribution < 1.29 is 14.3 Å². The quantitative estimate of drug-likeness (QED) is 0.546. The SMILES string of the molecule is Cc1cnc(CNC(=O)c2cc(OCC3CCOC3)cc(-c3ncc(C(C)C)s3)c2)cn1. The molecule has 2 aromatic heterocycles. The number of nitrogens with one attached hydrogen (secondary N) is 1. The van der Waals surface area contributed by atoms with E-state index in [1.165, 1.54) is 4.88 Å². The van der Waals surface area contributed by atoms with Gasteiger partial charge in [-0.2, -0.15) is 0 Å². The fourth-order valence-corrected chi connectivity index (χ4v) is 4.24. The molecule has 1 amide bonds. The van der Waals surface area contributed by atoms with Gasteiger partial charge in [-0.15, -0.1) is 11.3 Å². The molecule has 32 heavy (non-hydrogen) atoms. The van der Waals surface area contributed by atoms with Crippen LogP contribution in [0.4, 0.5) is 0 Å². The fraction of sp³-hybridized carbons (Fsp3) is 0.417. The highest BCUT2D eigenvalue weighted by Crippen LogP contribution is 2.32. The maximum absolute atomic E-state index is 12.9. The molecule has 1 unspecified atom stereocenters. The van der Waals surface area contributed by atoms with Gasteiger partial charge in [0, 0.05) is 40.9 Å². The second-order valence-corrected chi connectivity index (χ2v) is 9.40. The Bertz CT molecular complexity index is 1060. The number of nitrogens with zero attached hydrogens (tertiary/aromatic N) is 3. The topological polar surface area (TPSA) is 86.2 Å². The summed E-state index contributed by atoms with van der Waals surface area (Å²) in [4.78, 5) is 27.3. The first-order valence-corrected chi connectivity index (χ1v) is 11.7. The van der Waals surface area contributed by atoms with Crippen molar-refractivity contribution in [2.24, 2.45) is 5.92 Å². The minimum Gasteiger partial charge on any atom is -0.493 e. The van der Waals surface area contributed by atoms with Crippen molar-refractivity contribution in [3.05, 3.63) is 58.6 Å². The number of hydrogen-bond acceptors (Lipinski definition) is 7. The summed E-state index contributed by atoms with van der Waals surface area (Å²) in [6.45, 7) is 8.54. The van der Waals surface area contributed by atoms with Crippen LogP contribution in [-0.4, -0.2) is 40.7 Å². The summed E-state index contributed by atoms with van der Waals surface area (Å²) in [6.07, 6.45) is 6.27. The molecule has 1 atom stereocenters. The number of carbonyl (C=O) groups excluding carboxylic acids is 1. The minimum absolute atomic E-state index is 0.191. The molecule has 0 saturated carbocycles. The van der Waals surface area contributed by atoms with Crippen LogP contribution in [0.5, 0.6) is 5.75 Å². The van der Waals surface area contributed by atoms with E-state index in [0.717, 1.165) is 35.9 Å². The second-order valence-electron chi connectivity index (χ2n) is 8.34. The van der Waals surface area contributed by atoms with E-state index in [9.17, 15) is 4.79 Å². The van der Waals surface area contributed by atoms with Crippen LogP contribution >= 0.6 is 11.3 Å². The highest BCUT2D eigenvalue weighted by molar-refractivity contribution is 7.15. The number of benzene rings is 1. The Labute approximate surface area is 192 Å². The molecule has 1 N–H and O–H groups in total. The van der Waals surface area contributed by atoms with Crippen molar-refractivity contribution in [3.63, 3.8) is 0 Å². The molecule has 1 saturated heterocycles. The summed E-state index contributed by atoms with van der Waals surface area (Å²) in [6, 6.07) is 5.61. The zero-order chi connectivity index (χ0) is 22.5. The number of carbonyl (C=O) groups is 1. The van der Waals surface area contributed by atoms with E-state index in [2.05, 4.69) is 34.1 Å². The molecule has 0 bridgehead atoms. The Morgan fingerprint density at radius 1 is 1.22 bits per heavy atom. The maximum Gasteiger partial charge on any atom is 0.251 e. The lowest BCUT2D eigenvalue weighted by molar-refractivity contribution is 0.0949. The Balaban J connectivity index is 1.54. The molecule has 3 aromatic rings. The van der Waals surface area contributed by atoms with Gasteiger partial charge in [-0.05, 0) is 37.5 Å². The monoisotopic (exact) mass is 452 g/mol. The number of hydrogen-bond donors (Lipinski definition) is 1. The molecule has 1 aromatic carbocycles. The van der Waals surface area contributed by atoms with Gasteiger partial charge in [-0.25, -0.2) is 4.98 Å². The minimum atomic E-state index is -0.191. The van der Waals surface area contributed by atoms with E-state index >= 15 is 0 Å². The first-order valence-electron chi connectivity index (χ1n) is 10.9. The van der Waals surface area contributed by atoms with E-state index in [1.807, 2.05) is 25.3 Å². The third kappa shape index (κ3) is 5.69.